The Bertz CT molecular complexity index is 57.1. The number of aliphatic carboxylic acids is 1. The summed E-state index contributed by atoms with van der Waals surface area (Å²) < 4.78 is 0. The molecule has 0 aromatic rings. The molecular formula is C3H6O3. The lowest BCUT2D eigenvalue weighted by Crippen LogP contribution is -2.13. The number of carboxylic acid groups (broad SMARTS) is 1. The van der Waals surface area contributed by atoms with Crippen molar-refractivity contribution in [1.29, 1.82) is 0 Å². The van der Waals surface area contributed by atoms with E-state index < -0.39 is 12.1 Å². The van der Waals surface area contributed by atoms with Gasteiger partial charge in [0, 0.05) is 0 Å². The Balaban J connectivity index is 3.26. The van der Waals surface area contributed by atoms with Crippen molar-refractivity contribution in [1.82, 2.24) is 0 Å². The molecule has 6 heavy (non-hydrogen) atoms. The van der Waals surface area contributed by atoms with Crippen LogP contribution in [0.2, 0.25) is 0 Å². The van der Waals surface area contributed by atoms with Gasteiger partial charge in [-0.2, -0.15) is 0 Å². The maximum Gasteiger partial charge on any atom is 0.332 e. The largest absolute Gasteiger partial charge is 0.479 e. The fourth-order valence-corrected chi connectivity index (χ4v) is 0. The molecule has 0 aliphatic carbocycles. The van der Waals surface area contributed by atoms with Crippen molar-refractivity contribution in [2.45, 2.75) is 13.0 Å². The lowest BCUT2D eigenvalue weighted by atomic mass is 11.4. The normalized spacial score (nSPS) is 13.7. The summed E-state index contributed by atoms with van der Waals surface area (Å²) >= 11 is 0. The molecule has 0 aliphatic heterocycles. The number of aliphatic hydroxyl groups is 1. The molecule has 0 spiro atoms. The molecule has 0 radical (unpaired) electrons. The zero-order valence-electron chi connectivity index (χ0n) is 3.38. The third-order valence-electron chi connectivity index (χ3n) is 0.357. The van der Waals surface area contributed by atoms with E-state index >= 15 is 0 Å². The first-order valence-electron chi connectivity index (χ1n) is 1.55. The van der Waals surface area contributed by atoms with E-state index in [4.69, 9.17) is 10.2 Å². The predicted molar refractivity (Wildman–Crippen MR) is 19.3 cm³/mol. The van der Waals surface area contributed by atoms with Crippen LogP contribution in [-0.2, 0) is 4.79 Å². The van der Waals surface area contributed by atoms with Gasteiger partial charge >= 0.3 is 5.97 Å². The van der Waals surface area contributed by atoms with E-state index in [1.807, 2.05) is 0 Å². The van der Waals surface area contributed by atoms with Crippen molar-refractivity contribution < 1.29 is 15.0 Å². The molecular weight excluding hydrogens is 87.0 g/mol. The summed E-state index contributed by atoms with van der Waals surface area (Å²) in [5.41, 5.74) is 0. The Hall–Kier alpha value is -0.570. The van der Waals surface area contributed by atoms with Crippen LogP contribution < -0.4 is 0 Å². The van der Waals surface area contributed by atoms with Gasteiger partial charge in [-0.1, -0.05) is 0 Å². The first-order chi connectivity index (χ1) is 2.64. The molecule has 0 unspecified atom stereocenters. The van der Waals surface area contributed by atoms with Crippen molar-refractivity contribution >= 4 is 5.97 Å². The smallest absolute Gasteiger partial charge is 0.332 e. The van der Waals surface area contributed by atoms with Gasteiger partial charge in [-0.25, -0.2) is 4.79 Å². The minimum absolute atomic E-state index is 1.19. The molecule has 1 atom stereocenters. The number of carbonyl (C=O) groups is 1. The Morgan fingerprint density at radius 3 is 2.00 bits per heavy atom. The second-order valence-electron chi connectivity index (χ2n) is 1.01. The minimum Gasteiger partial charge on any atom is -0.479 e. The van der Waals surface area contributed by atoms with E-state index in [1.165, 1.54) is 6.92 Å². The van der Waals surface area contributed by atoms with Crippen LogP contribution >= 0.6 is 0 Å². The molecule has 2 N–H and O–H groups in total. The summed E-state index contributed by atoms with van der Waals surface area (Å²) in [6.07, 6.45) is -1.23. The van der Waals surface area contributed by atoms with Crippen molar-refractivity contribution in [2.24, 2.45) is 0 Å². The van der Waals surface area contributed by atoms with Crippen LogP contribution in [0, 0.1) is 0 Å². The van der Waals surface area contributed by atoms with Gasteiger partial charge in [-0.05, 0) is 6.92 Å². The highest BCUT2D eigenvalue weighted by Gasteiger charge is 2.01. The van der Waals surface area contributed by atoms with Crippen LogP contribution in [0.4, 0.5) is 0 Å². The fourth-order valence-electron chi connectivity index (χ4n) is 0. The van der Waals surface area contributed by atoms with Gasteiger partial charge in [0.2, 0.25) is 0 Å². The fraction of sp³-hybridized carbons (Fsp3) is 0.667. The van der Waals surface area contributed by atoms with Gasteiger partial charge in [0.25, 0.3) is 0 Å². The number of aliphatic hydroxyl groups excluding tert-OH is 1. The standard InChI is InChI=1S/C3H6O3/c1-2(4)3(5)6/h2,4H,1H3,(H,5,6)/t2-/m1/s1/i1+1,2+1,3+1. The van der Waals surface area contributed by atoms with E-state index in [0.717, 1.165) is 0 Å². The van der Waals surface area contributed by atoms with Gasteiger partial charge < -0.3 is 10.2 Å². The van der Waals surface area contributed by atoms with Crippen LogP contribution in [0.15, 0.2) is 0 Å². The van der Waals surface area contributed by atoms with Gasteiger partial charge in [0.15, 0.2) is 0 Å². The summed E-state index contributed by atoms with van der Waals surface area (Å²) in [7, 11) is 0. The summed E-state index contributed by atoms with van der Waals surface area (Å²) in [6, 6.07) is 0. The second kappa shape index (κ2) is 1.77. The van der Waals surface area contributed by atoms with E-state index in [0.29, 0.717) is 0 Å². The molecule has 0 aromatic carbocycles. The molecule has 0 aliphatic rings. The summed E-state index contributed by atoms with van der Waals surface area (Å²) in [4.78, 5) is 9.45. The highest BCUT2D eigenvalue weighted by Crippen LogP contribution is 1.73. The summed E-state index contributed by atoms with van der Waals surface area (Å²) in [5, 5.41) is 15.8. The maximum atomic E-state index is 9.45. The molecule has 36 valence electrons. The van der Waals surface area contributed by atoms with Gasteiger partial charge in [-0.3, -0.25) is 0 Å². The van der Waals surface area contributed by atoms with Crippen molar-refractivity contribution in [3.05, 3.63) is 0 Å². The van der Waals surface area contributed by atoms with E-state index in [2.05, 4.69) is 0 Å². The average Bonchev–Trinajstić information content (AvgIpc) is 1.36. The molecule has 0 fully saturated rings. The third-order valence-corrected chi connectivity index (χ3v) is 0.357. The SMILES string of the molecule is [13CH3][13C@@H](O)[13C](=O)O. The number of hydrogen-bond donors (Lipinski definition) is 2. The monoisotopic (exact) mass is 93.0 g/mol. The molecule has 0 rings (SSSR count). The van der Waals surface area contributed by atoms with E-state index in [1.54, 1.807) is 0 Å². The van der Waals surface area contributed by atoms with Crippen molar-refractivity contribution in [2.75, 3.05) is 0 Å². The maximum absolute atomic E-state index is 9.45. The van der Waals surface area contributed by atoms with E-state index in [9.17, 15) is 4.79 Å². The molecule has 0 saturated carbocycles. The lowest BCUT2D eigenvalue weighted by Gasteiger charge is -1.89. The lowest BCUT2D eigenvalue weighted by molar-refractivity contribution is -0.145. The predicted octanol–water partition coefficient (Wildman–Crippen LogP) is -0.548. The quantitative estimate of drug-likeness (QED) is 0.428. The highest BCUT2D eigenvalue weighted by atomic mass is 16.5. The molecule has 0 aromatic heterocycles. The first kappa shape index (κ1) is 5.43. The Kier molecular flexibility index (Phi) is 1.60. The van der Waals surface area contributed by atoms with Gasteiger partial charge in [-0.15, -0.1) is 0 Å². The molecule has 3 nitrogen and oxygen atoms in total. The van der Waals surface area contributed by atoms with Crippen molar-refractivity contribution in [3.8, 4) is 0 Å². The summed E-state index contributed by atoms with van der Waals surface area (Å²) in [6.45, 7) is 1.20. The topological polar surface area (TPSA) is 57.5 Å². The zero-order valence-corrected chi connectivity index (χ0v) is 3.38. The number of carboxylic acids is 1. The molecule has 3 heteroatoms. The molecule has 0 heterocycles. The van der Waals surface area contributed by atoms with Crippen LogP contribution in [0.25, 0.3) is 0 Å². The summed E-state index contributed by atoms with van der Waals surface area (Å²) in [5.74, 6) is -1.19. The molecule has 0 amide bonds. The second-order valence-corrected chi connectivity index (χ2v) is 1.01. The first-order valence-corrected chi connectivity index (χ1v) is 1.55. The zero-order chi connectivity index (χ0) is 5.15. The number of hydrogen-bond acceptors (Lipinski definition) is 2. The third kappa shape index (κ3) is 1.72. The van der Waals surface area contributed by atoms with Crippen LogP contribution in [-0.4, -0.2) is 22.3 Å². The highest BCUT2D eigenvalue weighted by molar-refractivity contribution is 5.71. The van der Waals surface area contributed by atoms with Crippen LogP contribution in [0.5, 0.6) is 0 Å². The Morgan fingerprint density at radius 1 is 1.83 bits per heavy atom. The van der Waals surface area contributed by atoms with Crippen LogP contribution in [0.3, 0.4) is 0 Å². The minimum atomic E-state index is -1.23. The van der Waals surface area contributed by atoms with Gasteiger partial charge in [0.05, 0.1) is 0 Å². The molecule has 0 bridgehead atoms. The average molecular weight is 93.1 g/mol. The van der Waals surface area contributed by atoms with Crippen LogP contribution in [0.1, 0.15) is 6.92 Å². The molecule has 0 saturated heterocycles. The number of rotatable bonds is 1. The van der Waals surface area contributed by atoms with Crippen molar-refractivity contribution in [3.63, 3.8) is 0 Å². The Morgan fingerprint density at radius 2 is 2.00 bits per heavy atom. The van der Waals surface area contributed by atoms with Gasteiger partial charge in [0.1, 0.15) is 6.10 Å². The van der Waals surface area contributed by atoms with E-state index in [-0.39, 0.29) is 0 Å². The Labute approximate surface area is 35.2 Å².